The number of rotatable bonds is 5. The molecule has 0 saturated heterocycles. The molecule has 0 spiro atoms. The number of methoxy groups -OCH3 is 1. The molecule has 2 aromatic rings. The number of hydrogen-bond donors (Lipinski definition) is 0. The zero-order chi connectivity index (χ0) is 14.5. The van der Waals surface area contributed by atoms with E-state index in [2.05, 4.69) is 0 Å². The minimum absolute atomic E-state index is 0.201. The lowest BCUT2D eigenvalue weighted by Crippen LogP contribution is -2.23. The highest BCUT2D eigenvalue weighted by Crippen LogP contribution is 2.20. The minimum Gasteiger partial charge on any atom is -0.497 e. The Balaban J connectivity index is 2.09. The average molecular weight is 274 g/mol. The molecule has 0 bridgehead atoms. The van der Waals surface area contributed by atoms with Crippen molar-refractivity contribution in [2.24, 2.45) is 0 Å². The molecule has 2 aromatic carbocycles. The van der Waals surface area contributed by atoms with Gasteiger partial charge in [0.2, 0.25) is 5.78 Å². The molecule has 1 atom stereocenters. The first-order valence-electron chi connectivity index (χ1n) is 6.20. The monoisotopic (exact) mass is 274 g/mol. The Hall–Kier alpha value is -2.36. The van der Waals surface area contributed by atoms with E-state index in [1.165, 1.54) is 24.3 Å². The maximum atomic E-state index is 12.8. The Labute approximate surface area is 117 Å². The van der Waals surface area contributed by atoms with Crippen LogP contribution in [0.4, 0.5) is 4.39 Å². The molecule has 1 unspecified atom stereocenters. The number of benzene rings is 2. The number of carbonyl (C=O) groups is 1. The maximum absolute atomic E-state index is 12.8. The Kier molecular flexibility index (Phi) is 4.35. The summed E-state index contributed by atoms with van der Waals surface area (Å²) >= 11 is 0. The zero-order valence-corrected chi connectivity index (χ0v) is 11.3. The predicted octanol–water partition coefficient (Wildman–Crippen LogP) is 3.48. The largest absolute Gasteiger partial charge is 0.497 e. The fraction of sp³-hybridized carbons (Fsp3) is 0.188. The van der Waals surface area contributed by atoms with Crippen LogP contribution in [0.1, 0.15) is 17.3 Å². The number of Topliss-reactive ketones (excluding diaryl/α,β-unsaturated/α-hetero) is 1. The van der Waals surface area contributed by atoms with Gasteiger partial charge in [0, 0.05) is 11.6 Å². The summed E-state index contributed by atoms with van der Waals surface area (Å²) in [5, 5.41) is 0. The van der Waals surface area contributed by atoms with Crippen LogP contribution < -0.4 is 9.47 Å². The van der Waals surface area contributed by atoms with Crippen molar-refractivity contribution >= 4 is 5.78 Å². The molecule has 0 heterocycles. The molecule has 3 nitrogen and oxygen atoms in total. The second-order valence-electron chi connectivity index (χ2n) is 4.31. The van der Waals surface area contributed by atoms with Gasteiger partial charge in [-0.25, -0.2) is 4.39 Å². The topological polar surface area (TPSA) is 35.5 Å². The molecule has 0 radical (unpaired) electrons. The van der Waals surface area contributed by atoms with Crippen LogP contribution in [0.25, 0.3) is 0 Å². The number of ether oxygens (including phenoxy) is 2. The van der Waals surface area contributed by atoms with Crippen LogP contribution >= 0.6 is 0 Å². The molecule has 0 aromatic heterocycles. The number of ketones is 1. The zero-order valence-electron chi connectivity index (χ0n) is 11.3. The molecule has 104 valence electrons. The summed E-state index contributed by atoms with van der Waals surface area (Å²) < 4.78 is 23.5. The van der Waals surface area contributed by atoms with E-state index in [-0.39, 0.29) is 11.6 Å². The Bertz CT molecular complexity index is 593. The summed E-state index contributed by atoms with van der Waals surface area (Å²) in [5.74, 6) is 0.631. The highest BCUT2D eigenvalue weighted by atomic mass is 19.1. The molecule has 0 amide bonds. The summed E-state index contributed by atoms with van der Waals surface area (Å²) in [6.45, 7) is 1.66. The van der Waals surface area contributed by atoms with E-state index in [9.17, 15) is 9.18 Å². The van der Waals surface area contributed by atoms with E-state index in [1.807, 2.05) is 0 Å². The first-order chi connectivity index (χ1) is 9.60. The van der Waals surface area contributed by atoms with Crippen molar-refractivity contribution in [2.75, 3.05) is 7.11 Å². The molecule has 20 heavy (non-hydrogen) atoms. The van der Waals surface area contributed by atoms with Gasteiger partial charge < -0.3 is 9.47 Å². The molecule has 0 aliphatic rings. The van der Waals surface area contributed by atoms with Crippen LogP contribution in [0, 0.1) is 5.82 Å². The fourth-order valence-corrected chi connectivity index (χ4v) is 1.78. The summed E-state index contributed by atoms with van der Waals surface area (Å²) in [5.41, 5.74) is 0.418. The van der Waals surface area contributed by atoms with Gasteiger partial charge in [-0.2, -0.15) is 0 Å². The SMILES string of the molecule is COc1cccc(OC(C)C(=O)c2ccc(F)cc2)c1. The van der Waals surface area contributed by atoms with Crippen LogP contribution in [0.3, 0.4) is 0 Å². The lowest BCUT2D eigenvalue weighted by Gasteiger charge is -2.14. The molecule has 0 aliphatic heterocycles. The standard InChI is InChI=1S/C16H15FO3/c1-11(16(18)12-6-8-13(17)9-7-12)20-15-5-3-4-14(10-15)19-2/h3-11H,1-2H3. The lowest BCUT2D eigenvalue weighted by molar-refractivity contribution is 0.0817. The van der Waals surface area contributed by atoms with Crippen LogP contribution in [0.2, 0.25) is 0 Å². The number of halogens is 1. The number of hydrogen-bond acceptors (Lipinski definition) is 3. The van der Waals surface area contributed by atoms with Crippen molar-refractivity contribution in [3.63, 3.8) is 0 Å². The van der Waals surface area contributed by atoms with Gasteiger partial charge in [-0.05, 0) is 43.3 Å². The quantitative estimate of drug-likeness (QED) is 0.783. The maximum Gasteiger partial charge on any atom is 0.202 e. The number of carbonyl (C=O) groups excluding carboxylic acids is 1. The fourth-order valence-electron chi connectivity index (χ4n) is 1.78. The summed E-state index contributed by atoms with van der Waals surface area (Å²) in [7, 11) is 1.56. The first kappa shape index (κ1) is 14.1. The van der Waals surface area contributed by atoms with Gasteiger partial charge in [-0.3, -0.25) is 4.79 Å². The Morgan fingerprint density at radius 2 is 1.75 bits per heavy atom. The van der Waals surface area contributed by atoms with Crippen molar-refractivity contribution in [1.29, 1.82) is 0 Å². The first-order valence-corrected chi connectivity index (χ1v) is 6.20. The molecule has 0 fully saturated rings. The smallest absolute Gasteiger partial charge is 0.202 e. The lowest BCUT2D eigenvalue weighted by atomic mass is 10.1. The molecule has 0 saturated carbocycles. The second-order valence-corrected chi connectivity index (χ2v) is 4.31. The molecular weight excluding hydrogens is 259 g/mol. The Morgan fingerprint density at radius 1 is 1.10 bits per heavy atom. The molecule has 0 aliphatic carbocycles. The van der Waals surface area contributed by atoms with Crippen molar-refractivity contribution in [1.82, 2.24) is 0 Å². The van der Waals surface area contributed by atoms with E-state index in [0.717, 1.165) is 0 Å². The highest BCUT2D eigenvalue weighted by molar-refractivity contribution is 5.99. The van der Waals surface area contributed by atoms with E-state index < -0.39 is 6.10 Å². The van der Waals surface area contributed by atoms with E-state index >= 15 is 0 Å². The third-order valence-electron chi connectivity index (χ3n) is 2.85. The van der Waals surface area contributed by atoms with Gasteiger partial charge in [0.1, 0.15) is 17.3 Å². The third-order valence-corrected chi connectivity index (χ3v) is 2.85. The van der Waals surface area contributed by atoms with Crippen molar-refractivity contribution in [3.05, 3.63) is 59.9 Å². The highest BCUT2D eigenvalue weighted by Gasteiger charge is 2.17. The van der Waals surface area contributed by atoms with E-state index in [0.29, 0.717) is 17.1 Å². The average Bonchev–Trinajstić information content (AvgIpc) is 2.47. The van der Waals surface area contributed by atoms with Gasteiger partial charge in [-0.1, -0.05) is 6.07 Å². The van der Waals surface area contributed by atoms with Crippen molar-refractivity contribution < 1.29 is 18.7 Å². The second kappa shape index (κ2) is 6.19. The van der Waals surface area contributed by atoms with Crippen LogP contribution in [0.5, 0.6) is 11.5 Å². The van der Waals surface area contributed by atoms with Gasteiger partial charge in [0.05, 0.1) is 7.11 Å². The van der Waals surface area contributed by atoms with E-state index in [1.54, 1.807) is 38.3 Å². The normalized spacial score (nSPS) is 11.8. The summed E-state index contributed by atoms with van der Waals surface area (Å²) in [6.07, 6.45) is -0.660. The van der Waals surface area contributed by atoms with Crippen LogP contribution in [-0.2, 0) is 0 Å². The van der Waals surface area contributed by atoms with Crippen molar-refractivity contribution in [3.8, 4) is 11.5 Å². The van der Waals surface area contributed by atoms with Crippen LogP contribution in [-0.4, -0.2) is 19.0 Å². The van der Waals surface area contributed by atoms with Gasteiger partial charge in [-0.15, -0.1) is 0 Å². The molecule has 0 N–H and O–H groups in total. The molecular formula is C16H15FO3. The molecule has 2 rings (SSSR count). The minimum atomic E-state index is -0.660. The Morgan fingerprint density at radius 3 is 2.40 bits per heavy atom. The summed E-state index contributed by atoms with van der Waals surface area (Å²) in [6, 6.07) is 12.4. The third kappa shape index (κ3) is 3.35. The van der Waals surface area contributed by atoms with Gasteiger partial charge >= 0.3 is 0 Å². The van der Waals surface area contributed by atoms with Crippen molar-refractivity contribution in [2.45, 2.75) is 13.0 Å². The van der Waals surface area contributed by atoms with Gasteiger partial charge in [0.25, 0.3) is 0 Å². The van der Waals surface area contributed by atoms with Crippen LogP contribution in [0.15, 0.2) is 48.5 Å². The predicted molar refractivity (Wildman–Crippen MR) is 73.8 cm³/mol. The van der Waals surface area contributed by atoms with E-state index in [4.69, 9.17) is 9.47 Å². The summed E-state index contributed by atoms with van der Waals surface area (Å²) in [4.78, 5) is 12.1. The van der Waals surface area contributed by atoms with Gasteiger partial charge in [0.15, 0.2) is 6.10 Å². The molecule has 4 heteroatoms.